The first kappa shape index (κ1) is 11.1. The van der Waals surface area contributed by atoms with Crippen LogP contribution < -0.4 is 5.73 Å². The van der Waals surface area contributed by atoms with Crippen molar-refractivity contribution in [2.45, 2.75) is 57.9 Å². The van der Waals surface area contributed by atoms with Crippen molar-refractivity contribution >= 4 is 11.3 Å². The first-order valence-electron chi connectivity index (χ1n) is 5.57. The Labute approximate surface area is 95.9 Å². The molecule has 0 amide bonds. The molecule has 0 aromatic carbocycles. The minimum absolute atomic E-state index is 0.120. The molecular weight excluding hydrogens is 204 g/mol. The summed E-state index contributed by atoms with van der Waals surface area (Å²) in [6.07, 6.45) is 2.57. The predicted molar refractivity (Wildman–Crippen MR) is 65.3 cm³/mol. The van der Waals surface area contributed by atoms with Crippen LogP contribution in [0.5, 0.6) is 0 Å². The van der Waals surface area contributed by atoms with Crippen LogP contribution in [0.4, 0.5) is 0 Å². The van der Waals surface area contributed by atoms with Crippen LogP contribution in [0.3, 0.4) is 0 Å². The van der Waals surface area contributed by atoms with Crippen LogP contribution in [0.1, 0.15) is 56.1 Å². The highest BCUT2D eigenvalue weighted by Crippen LogP contribution is 2.50. The molecule has 2 N–H and O–H groups in total. The SMILES string of the molecule is CC(C)(C)c1nc(C2(C)CC2)sc1CN. The second-order valence-corrected chi connectivity index (χ2v) is 6.89. The van der Waals surface area contributed by atoms with Crippen LogP contribution in [0, 0.1) is 0 Å². The number of rotatable bonds is 2. The number of nitrogens with zero attached hydrogens (tertiary/aromatic N) is 1. The smallest absolute Gasteiger partial charge is 0.0990 e. The first-order valence-corrected chi connectivity index (χ1v) is 6.39. The number of hydrogen-bond donors (Lipinski definition) is 1. The maximum absolute atomic E-state index is 5.79. The van der Waals surface area contributed by atoms with Crippen molar-refractivity contribution in [3.63, 3.8) is 0 Å². The quantitative estimate of drug-likeness (QED) is 0.839. The molecule has 2 rings (SSSR count). The Balaban J connectivity index is 2.42. The van der Waals surface area contributed by atoms with Crippen molar-refractivity contribution < 1.29 is 0 Å². The average Bonchev–Trinajstić information content (AvgIpc) is 2.73. The van der Waals surface area contributed by atoms with Gasteiger partial charge in [-0.2, -0.15) is 0 Å². The maximum atomic E-state index is 5.79. The average molecular weight is 224 g/mol. The monoisotopic (exact) mass is 224 g/mol. The highest BCUT2D eigenvalue weighted by atomic mass is 32.1. The largest absolute Gasteiger partial charge is 0.326 e. The standard InChI is InChI=1S/C12H20N2S/c1-11(2,3)9-8(7-13)15-10(14-9)12(4)5-6-12/h5-7,13H2,1-4H3. The molecule has 0 atom stereocenters. The third-order valence-corrected chi connectivity index (χ3v) is 4.49. The molecule has 1 saturated carbocycles. The lowest BCUT2D eigenvalue weighted by atomic mass is 9.91. The second kappa shape index (κ2) is 3.29. The summed E-state index contributed by atoms with van der Waals surface area (Å²) in [4.78, 5) is 6.09. The van der Waals surface area contributed by atoms with E-state index < -0.39 is 0 Å². The molecule has 0 aliphatic heterocycles. The van der Waals surface area contributed by atoms with Gasteiger partial charge in [-0.15, -0.1) is 11.3 Å². The van der Waals surface area contributed by atoms with E-state index >= 15 is 0 Å². The van der Waals surface area contributed by atoms with Gasteiger partial charge in [0.1, 0.15) is 0 Å². The van der Waals surface area contributed by atoms with Gasteiger partial charge in [0.15, 0.2) is 0 Å². The molecule has 84 valence electrons. The molecular formula is C12H20N2S. The lowest BCUT2D eigenvalue weighted by Gasteiger charge is -2.17. The number of nitrogens with two attached hydrogens (primary N) is 1. The highest BCUT2D eigenvalue weighted by molar-refractivity contribution is 7.12. The second-order valence-electron chi connectivity index (χ2n) is 5.81. The zero-order chi connectivity index (χ0) is 11.3. The van der Waals surface area contributed by atoms with Gasteiger partial charge in [0.2, 0.25) is 0 Å². The molecule has 15 heavy (non-hydrogen) atoms. The molecule has 0 bridgehead atoms. The molecule has 1 heterocycles. The van der Waals surface area contributed by atoms with Crippen LogP contribution in [-0.4, -0.2) is 4.98 Å². The fourth-order valence-electron chi connectivity index (χ4n) is 1.74. The van der Waals surface area contributed by atoms with E-state index in [0.29, 0.717) is 12.0 Å². The summed E-state index contributed by atoms with van der Waals surface area (Å²) < 4.78 is 0. The fraction of sp³-hybridized carbons (Fsp3) is 0.750. The Morgan fingerprint density at radius 2 is 2.00 bits per heavy atom. The van der Waals surface area contributed by atoms with Gasteiger partial charge >= 0.3 is 0 Å². The summed E-state index contributed by atoms with van der Waals surface area (Å²) in [6, 6.07) is 0. The van der Waals surface area contributed by atoms with E-state index in [9.17, 15) is 0 Å². The summed E-state index contributed by atoms with van der Waals surface area (Å²) in [6.45, 7) is 9.56. The van der Waals surface area contributed by atoms with Crippen molar-refractivity contribution in [2.24, 2.45) is 5.73 Å². The normalized spacial score (nSPS) is 19.3. The molecule has 0 spiro atoms. The van der Waals surface area contributed by atoms with Gasteiger partial charge in [0.25, 0.3) is 0 Å². The Kier molecular flexibility index (Phi) is 2.43. The van der Waals surface area contributed by atoms with Gasteiger partial charge in [-0.25, -0.2) is 4.98 Å². The Bertz CT molecular complexity index is 369. The van der Waals surface area contributed by atoms with Crippen molar-refractivity contribution in [2.75, 3.05) is 0 Å². The minimum atomic E-state index is 0.120. The van der Waals surface area contributed by atoms with Crippen LogP contribution in [0.15, 0.2) is 0 Å². The molecule has 2 nitrogen and oxygen atoms in total. The van der Waals surface area contributed by atoms with E-state index in [1.807, 2.05) is 11.3 Å². The summed E-state index contributed by atoms with van der Waals surface area (Å²) in [5, 5.41) is 1.30. The number of aromatic nitrogens is 1. The van der Waals surface area contributed by atoms with E-state index in [0.717, 1.165) is 0 Å². The third kappa shape index (κ3) is 1.95. The molecule has 1 aliphatic rings. The van der Waals surface area contributed by atoms with E-state index in [1.54, 1.807) is 0 Å². The van der Waals surface area contributed by atoms with Crippen LogP contribution >= 0.6 is 11.3 Å². The zero-order valence-electron chi connectivity index (χ0n) is 10.1. The first-order chi connectivity index (χ1) is 6.87. The molecule has 1 aromatic rings. The van der Waals surface area contributed by atoms with Crippen molar-refractivity contribution in [3.8, 4) is 0 Å². The van der Waals surface area contributed by atoms with E-state index in [2.05, 4.69) is 27.7 Å². The van der Waals surface area contributed by atoms with E-state index in [-0.39, 0.29) is 5.41 Å². The van der Waals surface area contributed by atoms with E-state index in [4.69, 9.17) is 10.7 Å². The minimum Gasteiger partial charge on any atom is -0.326 e. The van der Waals surface area contributed by atoms with Crippen molar-refractivity contribution in [1.82, 2.24) is 4.98 Å². The van der Waals surface area contributed by atoms with Crippen molar-refractivity contribution in [3.05, 3.63) is 15.6 Å². The summed E-state index contributed by atoms with van der Waals surface area (Å²) >= 11 is 1.82. The van der Waals surface area contributed by atoms with Crippen LogP contribution in [0.25, 0.3) is 0 Å². The summed E-state index contributed by atoms with van der Waals surface area (Å²) in [5.74, 6) is 0. The van der Waals surface area contributed by atoms with Crippen molar-refractivity contribution in [1.29, 1.82) is 0 Å². The Morgan fingerprint density at radius 1 is 1.40 bits per heavy atom. The van der Waals surface area contributed by atoms with Crippen LogP contribution in [0.2, 0.25) is 0 Å². The number of hydrogen-bond acceptors (Lipinski definition) is 3. The zero-order valence-corrected chi connectivity index (χ0v) is 10.9. The molecule has 1 aliphatic carbocycles. The van der Waals surface area contributed by atoms with Gasteiger partial charge in [-0.05, 0) is 12.8 Å². The molecule has 1 aromatic heterocycles. The molecule has 1 fully saturated rings. The summed E-state index contributed by atoms with van der Waals surface area (Å²) in [5.41, 5.74) is 7.49. The van der Waals surface area contributed by atoms with Crippen LogP contribution in [-0.2, 0) is 17.4 Å². The highest BCUT2D eigenvalue weighted by Gasteiger charge is 2.43. The lowest BCUT2D eigenvalue weighted by molar-refractivity contribution is 0.561. The molecule has 0 saturated heterocycles. The third-order valence-electron chi connectivity index (χ3n) is 3.11. The molecule has 0 unspecified atom stereocenters. The van der Waals surface area contributed by atoms with Gasteiger partial charge < -0.3 is 5.73 Å². The maximum Gasteiger partial charge on any atom is 0.0990 e. The fourth-order valence-corrected chi connectivity index (χ4v) is 3.09. The van der Waals surface area contributed by atoms with Gasteiger partial charge in [-0.3, -0.25) is 0 Å². The predicted octanol–water partition coefficient (Wildman–Crippen LogP) is 2.95. The van der Waals surface area contributed by atoms with E-state index in [1.165, 1.54) is 28.4 Å². The van der Waals surface area contributed by atoms with Gasteiger partial charge in [-0.1, -0.05) is 27.7 Å². The van der Waals surface area contributed by atoms with Gasteiger partial charge in [0, 0.05) is 22.3 Å². The summed E-state index contributed by atoms with van der Waals surface area (Å²) in [7, 11) is 0. The Morgan fingerprint density at radius 3 is 2.33 bits per heavy atom. The van der Waals surface area contributed by atoms with Gasteiger partial charge in [0.05, 0.1) is 10.7 Å². The number of thiazole rings is 1. The lowest BCUT2D eigenvalue weighted by Crippen LogP contribution is -2.15. The Hall–Kier alpha value is -0.410. The topological polar surface area (TPSA) is 38.9 Å². The molecule has 3 heteroatoms. The molecule has 0 radical (unpaired) electrons.